The first kappa shape index (κ1) is 18.5. The molecule has 24 heavy (non-hydrogen) atoms. The van der Waals surface area contributed by atoms with E-state index in [1.54, 1.807) is 11.3 Å². The number of rotatable bonds is 7. The summed E-state index contributed by atoms with van der Waals surface area (Å²) in [6, 6.07) is 4.27. The number of hydrogen-bond donors (Lipinski definition) is 2. The van der Waals surface area contributed by atoms with E-state index in [1.165, 1.54) is 16.1 Å². The molecule has 1 unspecified atom stereocenters. The first-order valence-corrected chi connectivity index (χ1v) is 9.43. The zero-order valence-electron chi connectivity index (χ0n) is 15.4. The lowest BCUT2D eigenvalue weighted by Gasteiger charge is -2.16. The van der Waals surface area contributed by atoms with Crippen LogP contribution in [0.4, 0.5) is 0 Å². The van der Waals surface area contributed by atoms with Gasteiger partial charge < -0.3 is 10.6 Å². The summed E-state index contributed by atoms with van der Waals surface area (Å²) in [5, 5.41) is 13.4. The number of aliphatic imine (C=N–C) groups is 1. The third-order valence-corrected chi connectivity index (χ3v) is 4.91. The van der Waals surface area contributed by atoms with Gasteiger partial charge >= 0.3 is 0 Å². The fraction of sp³-hybridized carbons (Fsp3) is 0.556. The molecule has 0 fully saturated rings. The van der Waals surface area contributed by atoms with Crippen LogP contribution in [0.15, 0.2) is 22.5 Å². The molecule has 6 heteroatoms. The van der Waals surface area contributed by atoms with Gasteiger partial charge in [-0.3, -0.25) is 4.68 Å². The summed E-state index contributed by atoms with van der Waals surface area (Å²) in [6.45, 7) is 14.0. The van der Waals surface area contributed by atoms with Crippen molar-refractivity contribution < 1.29 is 0 Å². The minimum absolute atomic E-state index is 0.468. The second-order valence-corrected chi connectivity index (χ2v) is 7.32. The van der Waals surface area contributed by atoms with E-state index < -0.39 is 0 Å². The Kier molecular flexibility index (Phi) is 6.85. The lowest BCUT2D eigenvalue weighted by atomic mass is 10.2. The molecule has 2 aromatic heterocycles. The topological polar surface area (TPSA) is 54.2 Å². The van der Waals surface area contributed by atoms with Gasteiger partial charge in [-0.25, -0.2) is 4.99 Å². The Labute approximate surface area is 149 Å². The van der Waals surface area contributed by atoms with Crippen LogP contribution in [0.2, 0.25) is 0 Å². The molecule has 0 radical (unpaired) electrons. The van der Waals surface area contributed by atoms with E-state index in [1.807, 2.05) is 6.92 Å². The van der Waals surface area contributed by atoms with E-state index in [0.29, 0.717) is 5.92 Å². The second-order valence-electron chi connectivity index (χ2n) is 6.32. The van der Waals surface area contributed by atoms with E-state index in [0.717, 1.165) is 37.8 Å². The summed E-state index contributed by atoms with van der Waals surface area (Å²) in [6.07, 6.45) is 0. The van der Waals surface area contributed by atoms with Gasteiger partial charge in [-0.15, -0.1) is 11.3 Å². The molecular weight excluding hydrogens is 318 g/mol. The van der Waals surface area contributed by atoms with Crippen molar-refractivity contribution in [2.45, 2.75) is 47.7 Å². The van der Waals surface area contributed by atoms with Crippen molar-refractivity contribution in [3.8, 4) is 0 Å². The minimum Gasteiger partial charge on any atom is -0.357 e. The highest BCUT2D eigenvalue weighted by molar-refractivity contribution is 7.10. The van der Waals surface area contributed by atoms with Crippen LogP contribution in [-0.2, 0) is 13.1 Å². The molecular formula is C18H29N5S. The lowest BCUT2D eigenvalue weighted by Crippen LogP contribution is -2.40. The fourth-order valence-corrected chi connectivity index (χ4v) is 3.38. The Morgan fingerprint density at radius 3 is 2.71 bits per heavy atom. The maximum atomic E-state index is 4.70. The summed E-state index contributed by atoms with van der Waals surface area (Å²) >= 11 is 1.77. The summed E-state index contributed by atoms with van der Waals surface area (Å²) in [7, 11) is 0. The molecule has 1 atom stereocenters. The quantitative estimate of drug-likeness (QED) is 0.597. The molecule has 0 spiro atoms. The highest BCUT2D eigenvalue weighted by atomic mass is 32.1. The molecule has 0 bridgehead atoms. The van der Waals surface area contributed by atoms with Gasteiger partial charge in [0.2, 0.25) is 0 Å². The first-order valence-electron chi connectivity index (χ1n) is 8.55. The van der Waals surface area contributed by atoms with Gasteiger partial charge in [0.15, 0.2) is 5.96 Å². The van der Waals surface area contributed by atoms with Crippen LogP contribution < -0.4 is 10.6 Å². The summed E-state index contributed by atoms with van der Waals surface area (Å²) in [4.78, 5) is 6.02. The highest BCUT2D eigenvalue weighted by Crippen LogP contribution is 2.16. The Bertz CT molecular complexity index is 671. The number of hydrogen-bond acceptors (Lipinski definition) is 3. The van der Waals surface area contributed by atoms with Crippen LogP contribution in [0.5, 0.6) is 0 Å². The molecule has 0 saturated carbocycles. The van der Waals surface area contributed by atoms with Crippen molar-refractivity contribution in [3.63, 3.8) is 0 Å². The van der Waals surface area contributed by atoms with Gasteiger partial charge in [0.1, 0.15) is 0 Å². The first-order chi connectivity index (χ1) is 11.5. The molecule has 5 nitrogen and oxygen atoms in total. The van der Waals surface area contributed by atoms with Gasteiger partial charge in [0.25, 0.3) is 0 Å². The van der Waals surface area contributed by atoms with E-state index in [2.05, 4.69) is 65.6 Å². The summed E-state index contributed by atoms with van der Waals surface area (Å²) < 4.78 is 2.08. The fourth-order valence-electron chi connectivity index (χ4n) is 2.55. The van der Waals surface area contributed by atoms with E-state index >= 15 is 0 Å². The van der Waals surface area contributed by atoms with Crippen LogP contribution in [0.3, 0.4) is 0 Å². The van der Waals surface area contributed by atoms with E-state index in [9.17, 15) is 0 Å². The van der Waals surface area contributed by atoms with Crippen LogP contribution in [-0.4, -0.2) is 28.8 Å². The van der Waals surface area contributed by atoms with E-state index in [-0.39, 0.29) is 0 Å². The van der Waals surface area contributed by atoms with Crippen LogP contribution in [0, 0.1) is 26.7 Å². The number of guanidine groups is 1. The highest BCUT2D eigenvalue weighted by Gasteiger charge is 2.08. The van der Waals surface area contributed by atoms with Gasteiger partial charge in [-0.1, -0.05) is 6.92 Å². The smallest absolute Gasteiger partial charge is 0.191 e. The van der Waals surface area contributed by atoms with Crippen molar-refractivity contribution in [1.82, 2.24) is 20.4 Å². The Hall–Kier alpha value is -1.82. The minimum atomic E-state index is 0.468. The van der Waals surface area contributed by atoms with Crippen LogP contribution >= 0.6 is 11.3 Å². The van der Waals surface area contributed by atoms with Crippen molar-refractivity contribution in [2.24, 2.45) is 10.9 Å². The van der Waals surface area contributed by atoms with Gasteiger partial charge in [-0.2, -0.15) is 5.10 Å². The molecule has 2 rings (SSSR count). The van der Waals surface area contributed by atoms with Gasteiger partial charge in [0, 0.05) is 30.2 Å². The van der Waals surface area contributed by atoms with Crippen LogP contribution in [0.1, 0.15) is 35.7 Å². The zero-order chi connectivity index (χ0) is 17.5. The summed E-state index contributed by atoms with van der Waals surface area (Å²) in [5.41, 5.74) is 3.61. The Morgan fingerprint density at radius 2 is 2.12 bits per heavy atom. The number of aryl methyl sites for hydroxylation is 3. The predicted octanol–water partition coefficient (Wildman–Crippen LogP) is 3.26. The molecule has 0 saturated heterocycles. The average Bonchev–Trinajstić information content (AvgIpc) is 3.07. The maximum Gasteiger partial charge on any atom is 0.191 e. The average molecular weight is 348 g/mol. The van der Waals surface area contributed by atoms with Gasteiger partial charge in [-0.05, 0) is 56.7 Å². The zero-order valence-corrected chi connectivity index (χ0v) is 16.2. The van der Waals surface area contributed by atoms with Crippen molar-refractivity contribution >= 4 is 17.3 Å². The molecule has 0 aliphatic heterocycles. The standard InChI is InChI=1S/C18H29N5S/c1-6-19-18(21-11-17-14(3)7-8-24-17)20-10-13(2)12-23-16(5)9-15(4)22-23/h7-9,13H,6,10-12H2,1-5H3,(H2,19,20,21). The maximum absolute atomic E-state index is 4.70. The molecule has 0 aliphatic rings. The number of aromatic nitrogens is 2. The normalized spacial score (nSPS) is 13.1. The Balaban J connectivity index is 1.88. The molecule has 0 aliphatic carbocycles. The van der Waals surface area contributed by atoms with Crippen molar-refractivity contribution in [3.05, 3.63) is 39.3 Å². The molecule has 2 aromatic rings. The molecule has 0 amide bonds. The molecule has 132 valence electrons. The molecule has 2 heterocycles. The lowest BCUT2D eigenvalue weighted by molar-refractivity contribution is 0.436. The molecule has 0 aromatic carbocycles. The second kappa shape index (κ2) is 8.87. The van der Waals surface area contributed by atoms with E-state index in [4.69, 9.17) is 4.99 Å². The third kappa shape index (κ3) is 5.37. The number of nitrogens with zero attached hydrogens (tertiary/aromatic N) is 3. The third-order valence-electron chi connectivity index (χ3n) is 3.90. The SMILES string of the molecule is CCNC(=NCc1sccc1C)NCC(C)Cn1nc(C)cc1C. The van der Waals surface area contributed by atoms with Gasteiger partial charge in [0.05, 0.1) is 12.2 Å². The molecule has 2 N–H and O–H groups in total. The Morgan fingerprint density at radius 1 is 1.33 bits per heavy atom. The summed E-state index contributed by atoms with van der Waals surface area (Å²) in [5.74, 6) is 1.35. The largest absolute Gasteiger partial charge is 0.357 e. The number of thiophene rings is 1. The predicted molar refractivity (Wildman–Crippen MR) is 103 cm³/mol. The van der Waals surface area contributed by atoms with Crippen molar-refractivity contribution in [2.75, 3.05) is 13.1 Å². The van der Waals surface area contributed by atoms with Crippen LogP contribution in [0.25, 0.3) is 0 Å². The van der Waals surface area contributed by atoms with Crippen molar-refractivity contribution in [1.29, 1.82) is 0 Å². The number of nitrogens with one attached hydrogen (secondary N) is 2. The monoisotopic (exact) mass is 347 g/mol.